The van der Waals surface area contributed by atoms with E-state index in [4.69, 9.17) is 0 Å². The Morgan fingerprint density at radius 3 is 0.897 bits per heavy atom. The molecule has 1 heteroatoms. The first-order valence-corrected chi connectivity index (χ1v) is 12.1. The number of likely N-dealkylation sites (tertiary alicyclic amines) is 1. The molecule has 0 aromatic rings. The summed E-state index contributed by atoms with van der Waals surface area (Å²) in [6.45, 7) is 23.7. The fourth-order valence-corrected chi connectivity index (χ4v) is 4.97. The Labute approximate surface area is 187 Å². The van der Waals surface area contributed by atoms with Crippen LogP contribution < -0.4 is 0 Å². The van der Waals surface area contributed by atoms with Crippen LogP contribution in [0.5, 0.6) is 0 Å². The van der Waals surface area contributed by atoms with Gasteiger partial charge < -0.3 is 0 Å². The summed E-state index contributed by atoms with van der Waals surface area (Å²) in [6.07, 6.45) is 14.6. The van der Waals surface area contributed by atoms with Gasteiger partial charge in [0.15, 0.2) is 0 Å². The zero-order chi connectivity index (χ0) is 20.7. The van der Waals surface area contributed by atoms with E-state index in [9.17, 15) is 0 Å². The minimum absolute atomic E-state index is 0. The maximum atomic E-state index is 2.55. The fourth-order valence-electron chi connectivity index (χ4n) is 4.97. The standard InChI is InChI=1S/2C9H18.C8H17N.2CH4/c2*1-9(2,3)8-6-4-5-7-8;1-8(2,3)9-6-4-5-7-9;;/h2*8H,4-7H2,1-3H3;4-7H2,1-3H3;2*1H4. The maximum absolute atomic E-state index is 2.55. The minimum atomic E-state index is 0. The summed E-state index contributed by atoms with van der Waals surface area (Å²) < 4.78 is 0. The largest absolute Gasteiger partial charge is 0.298 e. The molecule has 0 N–H and O–H groups in total. The quantitative estimate of drug-likeness (QED) is 0.383. The summed E-state index contributed by atoms with van der Waals surface area (Å²) in [7, 11) is 0. The van der Waals surface area contributed by atoms with Gasteiger partial charge in [0, 0.05) is 5.54 Å². The van der Waals surface area contributed by atoms with E-state index in [1.54, 1.807) is 0 Å². The van der Waals surface area contributed by atoms with Gasteiger partial charge in [-0.3, -0.25) is 4.90 Å². The smallest absolute Gasteiger partial charge is 0.0125 e. The first kappa shape index (κ1) is 31.1. The number of hydrogen-bond acceptors (Lipinski definition) is 1. The Balaban J connectivity index is 0. The third-order valence-electron chi connectivity index (χ3n) is 7.21. The zero-order valence-electron chi connectivity index (χ0n) is 20.6. The Kier molecular flexibility index (Phi) is 14.4. The lowest BCUT2D eigenvalue weighted by atomic mass is 9.80. The molecule has 178 valence electrons. The molecule has 0 spiro atoms. The summed E-state index contributed by atoms with van der Waals surface area (Å²) in [5.41, 5.74) is 1.57. The van der Waals surface area contributed by atoms with E-state index in [-0.39, 0.29) is 14.9 Å². The first-order chi connectivity index (χ1) is 12.3. The summed E-state index contributed by atoms with van der Waals surface area (Å²) in [6, 6.07) is 0. The molecule has 0 amide bonds. The number of hydrogen-bond donors (Lipinski definition) is 0. The Morgan fingerprint density at radius 1 is 0.483 bits per heavy atom. The molecule has 0 atom stereocenters. The molecule has 0 aromatic heterocycles. The van der Waals surface area contributed by atoms with Crippen LogP contribution in [0.25, 0.3) is 0 Å². The highest BCUT2D eigenvalue weighted by molar-refractivity contribution is 4.80. The molecule has 1 nitrogen and oxygen atoms in total. The van der Waals surface area contributed by atoms with Gasteiger partial charge in [0.05, 0.1) is 0 Å². The highest BCUT2D eigenvalue weighted by Crippen LogP contribution is 2.39. The van der Waals surface area contributed by atoms with Crippen molar-refractivity contribution in [1.29, 1.82) is 0 Å². The van der Waals surface area contributed by atoms with Crippen molar-refractivity contribution < 1.29 is 0 Å². The highest BCUT2D eigenvalue weighted by Gasteiger charge is 2.27. The van der Waals surface area contributed by atoms with Crippen molar-refractivity contribution in [2.45, 2.75) is 147 Å². The van der Waals surface area contributed by atoms with Gasteiger partial charge in [-0.25, -0.2) is 0 Å². The van der Waals surface area contributed by atoms with E-state index in [2.05, 4.69) is 67.2 Å². The van der Waals surface area contributed by atoms with Gasteiger partial charge >= 0.3 is 0 Å². The molecule has 0 bridgehead atoms. The highest BCUT2D eigenvalue weighted by atomic mass is 15.2. The molecule has 3 aliphatic rings. The van der Waals surface area contributed by atoms with Crippen molar-refractivity contribution >= 4 is 0 Å². The van der Waals surface area contributed by atoms with E-state index in [1.807, 2.05) is 0 Å². The van der Waals surface area contributed by atoms with E-state index in [1.165, 1.54) is 77.3 Å². The van der Waals surface area contributed by atoms with Crippen molar-refractivity contribution in [3.8, 4) is 0 Å². The van der Waals surface area contributed by atoms with E-state index < -0.39 is 0 Å². The second kappa shape index (κ2) is 13.4. The van der Waals surface area contributed by atoms with Crippen LogP contribution in [0.4, 0.5) is 0 Å². The van der Waals surface area contributed by atoms with E-state index >= 15 is 0 Å². The van der Waals surface area contributed by atoms with E-state index in [0.29, 0.717) is 16.4 Å². The van der Waals surface area contributed by atoms with Gasteiger partial charge in [-0.15, -0.1) is 0 Å². The van der Waals surface area contributed by atoms with Gasteiger partial charge in [0.2, 0.25) is 0 Å². The zero-order valence-corrected chi connectivity index (χ0v) is 20.6. The molecule has 1 saturated heterocycles. The minimum Gasteiger partial charge on any atom is -0.298 e. The van der Waals surface area contributed by atoms with Crippen LogP contribution in [0, 0.1) is 22.7 Å². The van der Waals surface area contributed by atoms with Crippen molar-refractivity contribution in [1.82, 2.24) is 4.90 Å². The lowest BCUT2D eigenvalue weighted by Gasteiger charge is -2.31. The third kappa shape index (κ3) is 12.4. The SMILES string of the molecule is C.C.CC(C)(C)C1CCCC1.CC(C)(C)C1CCCC1.CC(C)(C)N1CCCC1. The summed E-state index contributed by atoms with van der Waals surface area (Å²) in [5.74, 6) is 2.02. The Bertz CT molecular complexity index is 310. The lowest BCUT2D eigenvalue weighted by molar-refractivity contribution is 0.175. The van der Waals surface area contributed by atoms with Gasteiger partial charge in [-0.1, -0.05) is 82.1 Å². The Hall–Kier alpha value is -0.0400. The van der Waals surface area contributed by atoms with Crippen LogP contribution in [0.15, 0.2) is 0 Å². The van der Waals surface area contributed by atoms with E-state index in [0.717, 1.165) is 11.8 Å². The van der Waals surface area contributed by atoms with Crippen LogP contribution in [-0.4, -0.2) is 23.5 Å². The fraction of sp³-hybridized carbons (Fsp3) is 1.00. The molecule has 0 radical (unpaired) electrons. The lowest BCUT2D eigenvalue weighted by Crippen LogP contribution is -2.38. The van der Waals surface area contributed by atoms with Gasteiger partial charge in [-0.05, 0) is 95.1 Å². The first-order valence-electron chi connectivity index (χ1n) is 12.1. The molecular weight excluding hydrogens is 350 g/mol. The molecule has 1 aliphatic heterocycles. The molecule has 3 rings (SSSR count). The molecule has 2 saturated carbocycles. The second-order valence-electron chi connectivity index (χ2n) is 12.6. The summed E-state index contributed by atoms with van der Waals surface area (Å²) in [4.78, 5) is 2.55. The van der Waals surface area contributed by atoms with Crippen LogP contribution in [0.1, 0.15) is 141 Å². The Morgan fingerprint density at radius 2 is 0.759 bits per heavy atom. The monoisotopic (exact) mass is 411 g/mol. The predicted octanol–water partition coefficient (Wildman–Crippen LogP) is 9.60. The number of rotatable bonds is 0. The van der Waals surface area contributed by atoms with Crippen molar-refractivity contribution in [3.05, 3.63) is 0 Å². The topological polar surface area (TPSA) is 3.24 Å². The van der Waals surface area contributed by atoms with Crippen molar-refractivity contribution in [2.24, 2.45) is 22.7 Å². The van der Waals surface area contributed by atoms with Crippen LogP contribution >= 0.6 is 0 Å². The van der Waals surface area contributed by atoms with Crippen LogP contribution in [0.2, 0.25) is 0 Å². The molecule has 29 heavy (non-hydrogen) atoms. The molecule has 1 heterocycles. The molecular formula is C28H61N. The molecule has 3 fully saturated rings. The van der Waals surface area contributed by atoms with Crippen LogP contribution in [-0.2, 0) is 0 Å². The van der Waals surface area contributed by atoms with Gasteiger partial charge in [-0.2, -0.15) is 0 Å². The number of nitrogens with zero attached hydrogens (tertiary/aromatic N) is 1. The summed E-state index contributed by atoms with van der Waals surface area (Å²) >= 11 is 0. The van der Waals surface area contributed by atoms with Gasteiger partial charge in [0.1, 0.15) is 0 Å². The van der Waals surface area contributed by atoms with Gasteiger partial charge in [0.25, 0.3) is 0 Å². The molecule has 0 unspecified atom stereocenters. The maximum Gasteiger partial charge on any atom is 0.0125 e. The molecule has 2 aliphatic carbocycles. The normalized spacial score (nSPS) is 21.4. The molecule has 0 aromatic carbocycles. The van der Waals surface area contributed by atoms with Crippen LogP contribution in [0.3, 0.4) is 0 Å². The third-order valence-corrected chi connectivity index (χ3v) is 7.21. The average Bonchev–Trinajstić information content (AvgIpc) is 3.28. The second-order valence-corrected chi connectivity index (χ2v) is 12.6. The predicted molar refractivity (Wildman–Crippen MR) is 137 cm³/mol. The average molecular weight is 412 g/mol. The van der Waals surface area contributed by atoms with Crippen molar-refractivity contribution in [2.75, 3.05) is 13.1 Å². The summed E-state index contributed by atoms with van der Waals surface area (Å²) in [5, 5.41) is 0. The van der Waals surface area contributed by atoms with Crippen molar-refractivity contribution in [3.63, 3.8) is 0 Å².